The van der Waals surface area contributed by atoms with Gasteiger partial charge in [0.2, 0.25) is 0 Å². The summed E-state index contributed by atoms with van der Waals surface area (Å²) in [4.78, 5) is 44.6. The molecule has 1 heterocycles. The molecule has 0 spiro atoms. The first-order chi connectivity index (χ1) is 14.3. The van der Waals surface area contributed by atoms with Gasteiger partial charge in [0.1, 0.15) is 6.54 Å². The molecule has 10 nitrogen and oxygen atoms in total. The largest absolute Gasteiger partial charge is 0.493 e. The summed E-state index contributed by atoms with van der Waals surface area (Å²) in [6.45, 7) is 6.70. The Bertz CT molecular complexity index is 958. The molecular weight excluding hydrogens is 390 g/mol. The fourth-order valence-corrected chi connectivity index (χ4v) is 2.91. The molecule has 10 heteroatoms. The van der Waals surface area contributed by atoms with Gasteiger partial charge in [-0.25, -0.2) is 9.78 Å². The van der Waals surface area contributed by atoms with Gasteiger partial charge in [-0.05, 0) is 26.3 Å². The number of rotatable bonds is 9. The van der Waals surface area contributed by atoms with E-state index in [1.54, 1.807) is 12.1 Å². The van der Waals surface area contributed by atoms with Gasteiger partial charge in [0.05, 0.1) is 31.7 Å². The number of urea groups is 1. The number of likely N-dealkylation sites (N-methyl/N-ethyl adjacent to an activating group) is 1. The molecule has 0 aliphatic heterocycles. The van der Waals surface area contributed by atoms with Gasteiger partial charge in [-0.2, -0.15) is 0 Å². The minimum absolute atomic E-state index is 0.0186. The summed E-state index contributed by atoms with van der Waals surface area (Å²) >= 11 is 0. The van der Waals surface area contributed by atoms with Crippen LogP contribution in [0.4, 0.5) is 4.79 Å². The molecule has 2 rings (SSSR count). The molecule has 164 valence electrons. The summed E-state index contributed by atoms with van der Waals surface area (Å²) < 4.78 is 10.5. The molecule has 0 aliphatic carbocycles. The number of ether oxygens (including phenoxy) is 2. The number of carbonyl (C=O) groups is 2. The van der Waals surface area contributed by atoms with Crippen LogP contribution in [0.2, 0.25) is 0 Å². The number of H-pyrrole nitrogens is 1. The summed E-state index contributed by atoms with van der Waals surface area (Å²) in [5.74, 6) is 0.953. The number of nitrogens with zero attached hydrogens (tertiary/aromatic N) is 1. The first kappa shape index (κ1) is 23.1. The van der Waals surface area contributed by atoms with Crippen molar-refractivity contribution in [2.75, 3.05) is 27.3 Å². The van der Waals surface area contributed by atoms with Gasteiger partial charge in [-0.15, -0.1) is 0 Å². The predicted octanol–water partition coefficient (Wildman–Crippen LogP) is -0.0306. The Morgan fingerprint density at radius 1 is 1.20 bits per heavy atom. The van der Waals surface area contributed by atoms with Crippen LogP contribution < -0.4 is 30.6 Å². The van der Waals surface area contributed by atoms with Crippen molar-refractivity contribution in [1.82, 2.24) is 20.6 Å². The molecule has 0 fully saturated rings. The number of carbonyl (C=O) groups excluding carboxylic acids is 2. The lowest BCUT2D eigenvalue weighted by molar-refractivity contribution is -0.904. The van der Waals surface area contributed by atoms with Crippen LogP contribution in [-0.4, -0.2) is 55.3 Å². The van der Waals surface area contributed by atoms with Crippen molar-refractivity contribution >= 4 is 22.8 Å². The highest BCUT2D eigenvalue weighted by atomic mass is 16.5. The van der Waals surface area contributed by atoms with Crippen LogP contribution in [-0.2, 0) is 11.3 Å². The molecule has 1 aromatic heterocycles. The molecule has 2 aromatic rings. The van der Waals surface area contributed by atoms with E-state index in [1.807, 2.05) is 20.8 Å². The minimum Gasteiger partial charge on any atom is -0.493 e. The lowest BCUT2D eigenvalue weighted by atomic mass is 10.2. The van der Waals surface area contributed by atoms with E-state index in [0.29, 0.717) is 41.3 Å². The van der Waals surface area contributed by atoms with Gasteiger partial charge < -0.3 is 24.7 Å². The van der Waals surface area contributed by atoms with E-state index >= 15 is 0 Å². The number of nitrogens with one attached hydrogen (secondary N) is 4. The topological polar surface area (TPSA) is 127 Å². The second-order valence-electron chi connectivity index (χ2n) is 7.03. The maximum absolute atomic E-state index is 12.5. The Morgan fingerprint density at radius 2 is 1.87 bits per heavy atom. The third kappa shape index (κ3) is 5.93. The number of benzene rings is 1. The molecule has 0 saturated heterocycles. The first-order valence-electron chi connectivity index (χ1n) is 9.90. The zero-order valence-corrected chi connectivity index (χ0v) is 18.0. The van der Waals surface area contributed by atoms with E-state index in [9.17, 15) is 14.4 Å². The van der Waals surface area contributed by atoms with E-state index in [-0.39, 0.29) is 18.1 Å². The van der Waals surface area contributed by atoms with Gasteiger partial charge in [0, 0.05) is 12.1 Å². The van der Waals surface area contributed by atoms with Gasteiger partial charge >= 0.3 is 6.03 Å². The van der Waals surface area contributed by atoms with Gasteiger partial charge in [0.15, 0.2) is 23.9 Å². The fraction of sp³-hybridized carbons (Fsp3) is 0.500. The second-order valence-corrected chi connectivity index (χ2v) is 7.03. The van der Waals surface area contributed by atoms with Crippen molar-refractivity contribution in [3.8, 4) is 11.5 Å². The van der Waals surface area contributed by atoms with Crippen LogP contribution in [0.1, 0.15) is 33.0 Å². The van der Waals surface area contributed by atoms with Crippen LogP contribution in [0, 0.1) is 0 Å². The minimum atomic E-state index is -0.511. The van der Waals surface area contributed by atoms with Crippen LogP contribution in [0.25, 0.3) is 10.9 Å². The van der Waals surface area contributed by atoms with Crippen molar-refractivity contribution in [1.29, 1.82) is 0 Å². The molecule has 0 bridgehead atoms. The highest BCUT2D eigenvalue weighted by molar-refractivity contribution is 5.94. The summed E-state index contributed by atoms with van der Waals surface area (Å²) in [7, 11) is 3.01. The fourth-order valence-electron chi connectivity index (χ4n) is 2.91. The van der Waals surface area contributed by atoms with Crippen LogP contribution in [0.15, 0.2) is 16.9 Å². The molecule has 1 unspecified atom stereocenters. The highest BCUT2D eigenvalue weighted by Gasteiger charge is 2.18. The standard InChI is InChI=1S/C20H29N5O5/c1-6-12(3)21-20(28)24-18(26)11-25(7-2)10-17-22-14-9-16(30-5)15(29-4)8-13(14)19(27)23-17/h8-9,12H,6-7,10-11H2,1-5H3,(H,22,23,27)(H2,21,24,26,28)/p+1/t12-/m0/s1. The van der Waals surface area contributed by atoms with Crippen molar-refractivity contribution in [3.63, 3.8) is 0 Å². The third-order valence-electron chi connectivity index (χ3n) is 4.83. The number of aromatic amines is 1. The number of aromatic nitrogens is 2. The van der Waals surface area contributed by atoms with Crippen LogP contribution in [0.5, 0.6) is 11.5 Å². The highest BCUT2D eigenvalue weighted by Crippen LogP contribution is 2.29. The van der Waals surface area contributed by atoms with Crippen LogP contribution >= 0.6 is 0 Å². The first-order valence-corrected chi connectivity index (χ1v) is 9.90. The Balaban J connectivity index is 2.13. The molecule has 1 aromatic carbocycles. The zero-order valence-electron chi connectivity index (χ0n) is 18.0. The summed E-state index contributed by atoms with van der Waals surface area (Å²) in [6.07, 6.45) is 0.769. The maximum Gasteiger partial charge on any atom is 0.321 e. The number of quaternary nitrogens is 1. The number of fused-ring (bicyclic) bond motifs is 1. The number of hydrogen-bond donors (Lipinski definition) is 4. The van der Waals surface area contributed by atoms with Crippen LogP contribution in [0.3, 0.4) is 0 Å². The van der Waals surface area contributed by atoms with Gasteiger partial charge in [0.25, 0.3) is 11.5 Å². The van der Waals surface area contributed by atoms with Crippen molar-refractivity contribution < 1.29 is 24.0 Å². The smallest absolute Gasteiger partial charge is 0.321 e. The number of methoxy groups -OCH3 is 2. The number of amides is 3. The molecule has 2 atom stereocenters. The summed E-state index contributed by atoms with van der Waals surface area (Å²) in [5, 5.41) is 5.40. The van der Waals surface area contributed by atoms with E-state index in [4.69, 9.17) is 9.47 Å². The predicted molar refractivity (Wildman–Crippen MR) is 112 cm³/mol. The van der Waals surface area contributed by atoms with Crippen molar-refractivity contribution in [2.24, 2.45) is 0 Å². The summed E-state index contributed by atoms with van der Waals surface area (Å²) in [5.41, 5.74) is 0.169. The SMILES string of the molecule is CC[C@H](C)NC(=O)NC(=O)C[NH+](CC)Cc1nc2cc(OC)c(OC)cc2c(=O)[nH]1. The summed E-state index contributed by atoms with van der Waals surface area (Å²) in [6, 6.07) is 2.69. The molecular formula is C20H30N5O5+. The van der Waals surface area contributed by atoms with Crippen molar-refractivity contribution in [3.05, 3.63) is 28.3 Å². The van der Waals surface area contributed by atoms with E-state index in [0.717, 1.165) is 11.3 Å². The third-order valence-corrected chi connectivity index (χ3v) is 4.83. The zero-order chi connectivity index (χ0) is 22.3. The normalized spacial score (nSPS) is 12.8. The molecule has 0 saturated carbocycles. The monoisotopic (exact) mass is 420 g/mol. The Kier molecular flexibility index (Phi) is 8.16. The lowest BCUT2D eigenvalue weighted by Gasteiger charge is -2.17. The second kappa shape index (κ2) is 10.6. The molecule has 30 heavy (non-hydrogen) atoms. The van der Waals surface area contributed by atoms with E-state index in [1.165, 1.54) is 14.2 Å². The van der Waals surface area contributed by atoms with E-state index in [2.05, 4.69) is 20.6 Å². The lowest BCUT2D eigenvalue weighted by Crippen LogP contribution is -3.11. The number of hydrogen-bond acceptors (Lipinski definition) is 6. The average molecular weight is 420 g/mol. The quantitative estimate of drug-likeness (QED) is 0.451. The Hall–Kier alpha value is -3.14. The average Bonchev–Trinajstić information content (AvgIpc) is 2.71. The molecule has 0 radical (unpaired) electrons. The van der Waals surface area contributed by atoms with Gasteiger partial charge in [-0.1, -0.05) is 6.92 Å². The van der Waals surface area contributed by atoms with Gasteiger partial charge in [-0.3, -0.25) is 14.9 Å². The van der Waals surface area contributed by atoms with Crippen molar-refractivity contribution in [2.45, 2.75) is 39.8 Å². The molecule has 0 aliphatic rings. The molecule has 4 N–H and O–H groups in total. The van der Waals surface area contributed by atoms with E-state index < -0.39 is 11.9 Å². The number of imide groups is 1. The Labute approximate surface area is 175 Å². The Morgan fingerprint density at radius 3 is 2.47 bits per heavy atom. The maximum atomic E-state index is 12.5. The molecule has 3 amide bonds.